The van der Waals surface area contributed by atoms with Crippen molar-refractivity contribution in [2.45, 2.75) is 26.1 Å². The lowest BCUT2D eigenvalue weighted by molar-refractivity contribution is -0.192. The Bertz CT molecular complexity index is 626. The number of nitrogens with zero attached hydrogens (tertiary/aromatic N) is 1. The predicted molar refractivity (Wildman–Crippen MR) is 87.9 cm³/mol. The highest BCUT2D eigenvalue weighted by Crippen LogP contribution is 2.19. The first-order valence-corrected chi connectivity index (χ1v) is 7.74. The second-order valence-electron chi connectivity index (χ2n) is 5.50. The molecule has 1 aromatic rings. The van der Waals surface area contributed by atoms with E-state index in [1.165, 1.54) is 0 Å². The lowest BCUT2D eigenvalue weighted by Gasteiger charge is -2.31. The van der Waals surface area contributed by atoms with Gasteiger partial charge in [-0.15, -0.1) is 0 Å². The number of hydrogen-bond donors (Lipinski definition) is 3. The zero-order valence-corrected chi connectivity index (χ0v) is 14.4. The Labute approximate surface area is 147 Å². The molecule has 10 heteroatoms. The molecule has 6 nitrogen and oxygen atoms in total. The summed E-state index contributed by atoms with van der Waals surface area (Å²) >= 11 is 5.95. The van der Waals surface area contributed by atoms with Crippen LogP contribution in [-0.2, 0) is 4.79 Å². The predicted octanol–water partition coefficient (Wildman–Crippen LogP) is 3.11. The quantitative estimate of drug-likeness (QED) is 0.698. The Morgan fingerprint density at radius 1 is 1.40 bits per heavy atom. The number of nitrogens with one attached hydrogen (secondary N) is 2. The van der Waals surface area contributed by atoms with Gasteiger partial charge in [-0.1, -0.05) is 11.6 Å². The molecular formula is C15H19ClF3N3O3. The lowest BCUT2D eigenvalue weighted by atomic mass is 10.2. The number of urea groups is 1. The molecule has 0 saturated carbocycles. The van der Waals surface area contributed by atoms with E-state index in [4.69, 9.17) is 21.5 Å². The fourth-order valence-electron chi connectivity index (χ4n) is 2.04. The van der Waals surface area contributed by atoms with Crippen molar-refractivity contribution in [3.8, 4) is 0 Å². The summed E-state index contributed by atoms with van der Waals surface area (Å²) in [5, 5.41) is 14.0. The molecule has 1 atom stereocenters. The number of rotatable bonds is 1. The van der Waals surface area contributed by atoms with E-state index in [1.807, 2.05) is 24.0 Å². The highest BCUT2D eigenvalue weighted by molar-refractivity contribution is 6.31. The highest BCUT2D eigenvalue weighted by atomic mass is 35.5. The van der Waals surface area contributed by atoms with E-state index in [9.17, 15) is 18.0 Å². The van der Waals surface area contributed by atoms with Crippen LogP contribution in [-0.4, -0.2) is 53.9 Å². The molecule has 1 saturated heterocycles. The normalized spacial score (nSPS) is 17.4. The number of halogens is 4. The van der Waals surface area contributed by atoms with E-state index >= 15 is 0 Å². The average molecular weight is 382 g/mol. The number of carboxylic acids is 1. The maximum atomic E-state index is 12.1. The fourth-order valence-corrected chi connectivity index (χ4v) is 2.16. The van der Waals surface area contributed by atoms with Crippen LogP contribution in [0.25, 0.3) is 0 Å². The Balaban J connectivity index is 0.000000381. The van der Waals surface area contributed by atoms with E-state index < -0.39 is 12.1 Å². The Kier molecular flexibility index (Phi) is 7.50. The Morgan fingerprint density at radius 2 is 2.00 bits per heavy atom. The van der Waals surface area contributed by atoms with Crippen LogP contribution in [0.15, 0.2) is 18.2 Å². The number of amides is 2. The van der Waals surface area contributed by atoms with E-state index in [-0.39, 0.29) is 6.03 Å². The standard InChI is InChI=1S/C13H18ClN3O.C2HF3O2/c1-9-7-11(3-4-12(9)14)16-13(18)17-6-5-15-10(2)8-17;3-2(4,5)1(6)7/h3-4,7,10,15H,5-6,8H2,1-2H3,(H,16,18);(H,6,7)/t10-;/m1./s1. The van der Waals surface area contributed by atoms with Gasteiger partial charge >= 0.3 is 18.2 Å². The van der Waals surface area contributed by atoms with Crippen molar-refractivity contribution in [3.63, 3.8) is 0 Å². The first-order chi connectivity index (χ1) is 11.5. The van der Waals surface area contributed by atoms with Gasteiger partial charge < -0.3 is 20.6 Å². The SMILES string of the molecule is Cc1cc(NC(=O)N2CCN[C@H](C)C2)ccc1Cl.O=C(O)C(F)(F)F. The number of carbonyl (C=O) groups is 2. The van der Waals surface area contributed by atoms with Gasteiger partial charge in [0.25, 0.3) is 0 Å². The molecule has 1 aliphatic rings. The third kappa shape index (κ3) is 7.18. The Hall–Kier alpha value is -2.00. The maximum Gasteiger partial charge on any atom is 0.490 e. The summed E-state index contributed by atoms with van der Waals surface area (Å²) in [6.07, 6.45) is -5.08. The lowest BCUT2D eigenvalue weighted by Crippen LogP contribution is -2.52. The zero-order chi connectivity index (χ0) is 19.2. The largest absolute Gasteiger partial charge is 0.490 e. The monoisotopic (exact) mass is 381 g/mol. The van der Waals surface area contributed by atoms with E-state index in [2.05, 4.69) is 17.6 Å². The molecule has 2 amide bonds. The molecule has 0 bridgehead atoms. The molecule has 1 fully saturated rings. The van der Waals surface area contributed by atoms with Crippen molar-refractivity contribution >= 4 is 29.3 Å². The smallest absolute Gasteiger partial charge is 0.475 e. The summed E-state index contributed by atoms with van der Waals surface area (Å²) in [5.74, 6) is -2.76. The molecule has 1 aromatic carbocycles. The number of piperazine rings is 1. The molecular weight excluding hydrogens is 363 g/mol. The minimum atomic E-state index is -5.08. The molecule has 140 valence electrons. The van der Waals surface area contributed by atoms with Gasteiger partial charge in [0.2, 0.25) is 0 Å². The molecule has 0 aromatic heterocycles. The molecule has 0 spiro atoms. The van der Waals surface area contributed by atoms with Crippen molar-refractivity contribution in [3.05, 3.63) is 28.8 Å². The summed E-state index contributed by atoms with van der Waals surface area (Å²) in [5.41, 5.74) is 1.75. The average Bonchev–Trinajstić information content (AvgIpc) is 2.50. The first-order valence-electron chi connectivity index (χ1n) is 7.36. The number of carbonyl (C=O) groups excluding carboxylic acids is 1. The maximum absolute atomic E-state index is 12.1. The van der Waals surface area contributed by atoms with E-state index in [0.717, 1.165) is 30.9 Å². The summed E-state index contributed by atoms with van der Waals surface area (Å²) in [7, 11) is 0. The molecule has 1 heterocycles. The number of aryl methyl sites for hydroxylation is 1. The molecule has 0 aliphatic carbocycles. The molecule has 25 heavy (non-hydrogen) atoms. The van der Waals surface area contributed by atoms with Gasteiger partial charge in [-0.05, 0) is 37.6 Å². The molecule has 0 unspecified atom stereocenters. The van der Waals surface area contributed by atoms with Gasteiger partial charge in [0.1, 0.15) is 0 Å². The number of carboxylic acid groups (broad SMARTS) is 1. The van der Waals surface area contributed by atoms with Crippen LogP contribution in [0.2, 0.25) is 5.02 Å². The summed E-state index contributed by atoms with van der Waals surface area (Å²) in [6.45, 7) is 6.31. The molecule has 1 aliphatic heterocycles. The number of aliphatic carboxylic acids is 1. The van der Waals surface area contributed by atoms with E-state index in [1.54, 1.807) is 6.07 Å². The van der Waals surface area contributed by atoms with Crippen LogP contribution in [0.4, 0.5) is 23.7 Å². The van der Waals surface area contributed by atoms with Crippen molar-refractivity contribution < 1.29 is 27.9 Å². The Morgan fingerprint density at radius 3 is 2.48 bits per heavy atom. The van der Waals surface area contributed by atoms with E-state index in [0.29, 0.717) is 11.1 Å². The van der Waals surface area contributed by atoms with Gasteiger partial charge in [0.05, 0.1) is 0 Å². The van der Waals surface area contributed by atoms with Crippen LogP contribution < -0.4 is 10.6 Å². The zero-order valence-electron chi connectivity index (χ0n) is 13.7. The number of benzene rings is 1. The van der Waals surface area contributed by atoms with Crippen LogP contribution >= 0.6 is 11.6 Å². The van der Waals surface area contributed by atoms with Crippen molar-refractivity contribution in [1.82, 2.24) is 10.2 Å². The van der Waals surface area contributed by atoms with Crippen molar-refractivity contribution in [1.29, 1.82) is 0 Å². The topological polar surface area (TPSA) is 81.7 Å². The third-order valence-electron chi connectivity index (χ3n) is 3.31. The van der Waals surface area contributed by atoms with Crippen molar-refractivity contribution in [2.75, 3.05) is 25.0 Å². The van der Waals surface area contributed by atoms with Gasteiger partial charge in [0, 0.05) is 36.4 Å². The summed E-state index contributed by atoms with van der Waals surface area (Å²) in [6, 6.07) is 5.79. The summed E-state index contributed by atoms with van der Waals surface area (Å²) in [4.78, 5) is 22.8. The van der Waals surface area contributed by atoms with Gasteiger partial charge in [-0.2, -0.15) is 13.2 Å². The number of anilines is 1. The van der Waals surface area contributed by atoms with Gasteiger partial charge in [0.15, 0.2) is 0 Å². The fraction of sp³-hybridized carbons (Fsp3) is 0.467. The summed E-state index contributed by atoms with van der Waals surface area (Å²) < 4.78 is 31.7. The minimum absolute atomic E-state index is 0.0509. The first kappa shape index (κ1) is 21.0. The van der Waals surface area contributed by atoms with Crippen molar-refractivity contribution in [2.24, 2.45) is 0 Å². The second kappa shape index (κ2) is 8.91. The molecule has 0 radical (unpaired) electrons. The highest BCUT2D eigenvalue weighted by Gasteiger charge is 2.38. The molecule has 3 N–H and O–H groups in total. The third-order valence-corrected chi connectivity index (χ3v) is 3.73. The van der Waals surface area contributed by atoms with Crippen LogP contribution in [0.5, 0.6) is 0 Å². The number of hydrogen-bond acceptors (Lipinski definition) is 3. The minimum Gasteiger partial charge on any atom is -0.475 e. The van der Waals surface area contributed by atoms with Crippen LogP contribution in [0.1, 0.15) is 12.5 Å². The van der Waals surface area contributed by atoms with Crippen LogP contribution in [0.3, 0.4) is 0 Å². The number of alkyl halides is 3. The van der Waals surface area contributed by atoms with Crippen LogP contribution in [0, 0.1) is 6.92 Å². The van der Waals surface area contributed by atoms with Gasteiger partial charge in [-0.25, -0.2) is 9.59 Å². The second-order valence-corrected chi connectivity index (χ2v) is 5.91. The van der Waals surface area contributed by atoms with Gasteiger partial charge in [-0.3, -0.25) is 0 Å². The molecule has 2 rings (SSSR count).